The molecule has 5 nitrogen and oxygen atoms in total. The largest absolute Gasteiger partial charge is 0.497 e. The highest BCUT2D eigenvalue weighted by Crippen LogP contribution is 2.18. The van der Waals surface area contributed by atoms with Crippen molar-refractivity contribution in [1.82, 2.24) is 10.0 Å². The first-order valence-electron chi connectivity index (χ1n) is 6.76. The Labute approximate surface area is 121 Å². The van der Waals surface area contributed by atoms with Gasteiger partial charge in [0, 0.05) is 12.6 Å². The number of hydrogen-bond donors (Lipinski definition) is 2. The maximum Gasteiger partial charge on any atom is 0.216 e. The first kappa shape index (κ1) is 16.9. The molecule has 1 rings (SSSR count). The van der Waals surface area contributed by atoms with Crippen LogP contribution in [0.4, 0.5) is 0 Å². The molecule has 0 aliphatic heterocycles. The molecule has 20 heavy (non-hydrogen) atoms. The molecule has 0 bridgehead atoms. The van der Waals surface area contributed by atoms with Crippen molar-refractivity contribution < 1.29 is 13.2 Å². The van der Waals surface area contributed by atoms with Gasteiger partial charge in [0.15, 0.2) is 0 Å². The van der Waals surface area contributed by atoms with Gasteiger partial charge in [0.2, 0.25) is 10.0 Å². The van der Waals surface area contributed by atoms with Crippen LogP contribution in [0.2, 0.25) is 0 Å². The zero-order chi connectivity index (χ0) is 15.2. The van der Waals surface area contributed by atoms with Gasteiger partial charge in [0.05, 0.1) is 12.4 Å². The second-order valence-electron chi connectivity index (χ2n) is 4.78. The van der Waals surface area contributed by atoms with Gasteiger partial charge in [-0.2, -0.15) is 0 Å². The fourth-order valence-electron chi connectivity index (χ4n) is 1.78. The third-order valence-electron chi connectivity index (χ3n) is 3.17. The fourth-order valence-corrected chi connectivity index (χ4v) is 2.98. The first-order valence-corrected chi connectivity index (χ1v) is 8.31. The van der Waals surface area contributed by atoms with Gasteiger partial charge >= 0.3 is 0 Å². The van der Waals surface area contributed by atoms with Crippen LogP contribution in [0.5, 0.6) is 5.75 Å². The van der Waals surface area contributed by atoms with Gasteiger partial charge in [-0.15, -0.1) is 0 Å². The van der Waals surface area contributed by atoms with Gasteiger partial charge in [-0.1, -0.05) is 19.1 Å². The van der Waals surface area contributed by atoms with E-state index in [1.807, 2.05) is 38.1 Å². The third-order valence-corrected chi connectivity index (χ3v) is 5.08. The van der Waals surface area contributed by atoms with Crippen LogP contribution < -0.4 is 14.8 Å². The van der Waals surface area contributed by atoms with Crippen molar-refractivity contribution in [3.05, 3.63) is 29.8 Å². The maximum absolute atomic E-state index is 12.2. The summed E-state index contributed by atoms with van der Waals surface area (Å²) in [5.74, 6) is 0.754. The average Bonchev–Trinajstić information content (AvgIpc) is 2.44. The van der Waals surface area contributed by atoms with E-state index in [0.717, 1.165) is 17.9 Å². The molecule has 2 N–H and O–H groups in total. The first-order chi connectivity index (χ1) is 9.40. The molecule has 0 saturated carbocycles. The molecular formula is C14H24N2O3S. The summed E-state index contributed by atoms with van der Waals surface area (Å²) >= 11 is 0. The predicted octanol–water partition coefficient (Wildman–Crippen LogP) is 1.67. The topological polar surface area (TPSA) is 67.4 Å². The Morgan fingerprint density at radius 3 is 2.30 bits per heavy atom. The molecule has 1 aromatic rings. The van der Waals surface area contributed by atoms with Gasteiger partial charge in [-0.25, -0.2) is 13.1 Å². The van der Waals surface area contributed by atoms with Crippen molar-refractivity contribution in [3.8, 4) is 5.75 Å². The van der Waals surface area contributed by atoms with E-state index < -0.39 is 15.3 Å². The van der Waals surface area contributed by atoms with Crippen LogP contribution in [0, 0.1) is 0 Å². The third kappa shape index (κ3) is 4.77. The molecule has 0 radical (unpaired) electrons. The molecule has 0 spiro atoms. The lowest BCUT2D eigenvalue weighted by Crippen LogP contribution is -2.39. The van der Waals surface area contributed by atoms with Crippen LogP contribution in [-0.2, 0) is 10.0 Å². The van der Waals surface area contributed by atoms with E-state index in [1.54, 1.807) is 14.0 Å². The van der Waals surface area contributed by atoms with E-state index in [9.17, 15) is 8.42 Å². The van der Waals surface area contributed by atoms with Gasteiger partial charge < -0.3 is 10.1 Å². The summed E-state index contributed by atoms with van der Waals surface area (Å²) in [6.07, 6.45) is 0. The Morgan fingerprint density at radius 2 is 1.80 bits per heavy atom. The minimum Gasteiger partial charge on any atom is -0.497 e. The molecule has 114 valence electrons. The van der Waals surface area contributed by atoms with Gasteiger partial charge in [0.25, 0.3) is 0 Å². The van der Waals surface area contributed by atoms with Gasteiger partial charge in [-0.3, -0.25) is 0 Å². The lowest BCUT2D eigenvalue weighted by Gasteiger charge is -2.19. The molecule has 2 atom stereocenters. The molecular weight excluding hydrogens is 276 g/mol. The average molecular weight is 300 g/mol. The maximum atomic E-state index is 12.2. The number of hydrogen-bond acceptors (Lipinski definition) is 4. The summed E-state index contributed by atoms with van der Waals surface area (Å²) in [5, 5.41) is 2.58. The molecule has 0 fully saturated rings. The summed E-state index contributed by atoms with van der Waals surface area (Å²) < 4.78 is 32.1. The van der Waals surface area contributed by atoms with E-state index in [4.69, 9.17) is 4.74 Å². The van der Waals surface area contributed by atoms with E-state index in [1.165, 1.54) is 0 Å². The van der Waals surface area contributed by atoms with E-state index in [-0.39, 0.29) is 6.04 Å². The molecule has 1 aromatic carbocycles. The minimum atomic E-state index is -3.34. The molecule has 2 unspecified atom stereocenters. The quantitative estimate of drug-likeness (QED) is 0.766. The molecule has 0 aromatic heterocycles. The fraction of sp³-hybridized carbons (Fsp3) is 0.571. The predicted molar refractivity (Wildman–Crippen MR) is 81.5 cm³/mol. The molecule has 0 amide bonds. The summed E-state index contributed by atoms with van der Waals surface area (Å²) in [6.45, 7) is 6.69. The lowest BCUT2D eigenvalue weighted by molar-refractivity contribution is 0.414. The van der Waals surface area contributed by atoms with Crippen molar-refractivity contribution in [2.24, 2.45) is 0 Å². The smallest absolute Gasteiger partial charge is 0.216 e. The van der Waals surface area contributed by atoms with Crippen LogP contribution in [0.25, 0.3) is 0 Å². The molecule has 0 heterocycles. The highest BCUT2D eigenvalue weighted by atomic mass is 32.2. The Bertz CT molecular complexity index is 500. The summed E-state index contributed by atoms with van der Waals surface area (Å²) in [6, 6.07) is 7.10. The Kier molecular flexibility index (Phi) is 6.45. The summed E-state index contributed by atoms with van der Waals surface area (Å²) in [5.41, 5.74) is 0.907. The summed E-state index contributed by atoms with van der Waals surface area (Å²) in [4.78, 5) is 0. The van der Waals surface area contributed by atoms with Crippen molar-refractivity contribution in [2.45, 2.75) is 32.1 Å². The van der Waals surface area contributed by atoms with Gasteiger partial charge in [-0.05, 0) is 38.1 Å². The lowest BCUT2D eigenvalue weighted by atomic mass is 10.1. The second kappa shape index (κ2) is 7.61. The van der Waals surface area contributed by atoms with E-state index in [2.05, 4.69) is 10.0 Å². The van der Waals surface area contributed by atoms with Crippen molar-refractivity contribution in [2.75, 3.05) is 20.2 Å². The SMILES string of the molecule is CCNCC(C)S(=O)(=O)NC(C)c1ccc(OC)cc1. The second-order valence-corrected chi connectivity index (χ2v) is 6.91. The number of nitrogens with one attached hydrogen (secondary N) is 2. The van der Waals surface area contributed by atoms with Crippen LogP contribution in [0.3, 0.4) is 0 Å². The monoisotopic (exact) mass is 300 g/mol. The van der Waals surface area contributed by atoms with E-state index in [0.29, 0.717) is 6.54 Å². The normalized spacial score (nSPS) is 14.8. The number of ether oxygens (including phenoxy) is 1. The highest BCUT2D eigenvalue weighted by Gasteiger charge is 2.22. The summed E-state index contributed by atoms with van der Waals surface area (Å²) in [7, 11) is -1.74. The zero-order valence-corrected chi connectivity index (χ0v) is 13.3. The van der Waals surface area contributed by atoms with Crippen molar-refractivity contribution in [3.63, 3.8) is 0 Å². The van der Waals surface area contributed by atoms with Crippen LogP contribution in [0.15, 0.2) is 24.3 Å². The van der Waals surface area contributed by atoms with Crippen molar-refractivity contribution >= 4 is 10.0 Å². The molecule has 0 saturated heterocycles. The van der Waals surface area contributed by atoms with Crippen LogP contribution in [-0.4, -0.2) is 33.9 Å². The van der Waals surface area contributed by atoms with Crippen molar-refractivity contribution in [1.29, 1.82) is 0 Å². The zero-order valence-electron chi connectivity index (χ0n) is 12.5. The Hall–Kier alpha value is -1.11. The standard InChI is InChI=1S/C14H24N2O3S/c1-5-15-10-11(2)20(17,18)16-12(3)13-6-8-14(19-4)9-7-13/h6-9,11-12,15-16H,5,10H2,1-4H3. The van der Waals surface area contributed by atoms with Crippen LogP contribution in [0.1, 0.15) is 32.4 Å². The molecule has 0 aliphatic rings. The number of rotatable bonds is 8. The Morgan fingerprint density at radius 1 is 1.20 bits per heavy atom. The Balaban J connectivity index is 2.70. The number of methoxy groups -OCH3 is 1. The number of sulfonamides is 1. The highest BCUT2D eigenvalue weighted by molar-refractivity contribution is 7.90. The molecule has 6 heteroatoms. The van der Waals surface area contributed by atoms with E-state index >= 15 is 0 Å². The van der Waals surface area contributed by atoms with Gasteiger partial charge in [0.1, 0.15) is 5.75 Å². The minimum absolute atomic E-state index is 0.269. The molecule has 0 aliphatic carbocycles. The number of benzene rings is 1. The van der Waals surface area contributed by atoms with Crippen LogP contribution >= 0.6 is 0 Å².